The lowest BCUT2D eigenvalue weighted by Gasteiger charge is -2.06. The smallest absolute Gasteiger partial charge is 0.322 e. The fraction of sp³-hybridized carbons (Fsp3) is 0.333. The zero-order chi connectivity index (χ0) is 14.4. The van der Waals surface area contributed by atoms with Crippen molar-refractivity contribution in [1.29, 1.82) is 0 Å². The Hall–Kier alpha value is -1.41. The van der Waals surface area contributed by atoms with Gasteiger partial charge in [0.2, 0.25) is 11.1 Å². The number of rotatable bonds is 6. The SMILES string of the molecule is CCCOc1nc(NC)nc(Sc2ccc(Br)cn2)n1. The van der Waals surface area contributed by atoms with E-state index in [1.54, 1.807) is 13.2 Å². The molecule has 2 rings (SSSR count). The number of anilines is 1. The first-order valence-corrected chi connectivity index (χ1v) is 7.68. The van der Waals surface area contributed by atoms with Gasteiger partial charge in [-0.1, -0.05) is 6.92 Å². The molecule has 106 valence electrons. The molecule has 0 amide bonds. The Labute approximate surface area is 129 Å². The largest absolute Gasteiger partial charge is 0.463 e. The van der Waals surface area contributed by atoms with Crippen LogP contribution in [0.2, 0.25) is 0 Å². The third-order valence-corrected chi connectivity index (χ3v) is 3.43. The Morgan fingerprint density at radius 2 is 2.15 bits per heavy atom. The summed E-state index contributed by atoms with van der Waals surface area (Å²) in [5, 5.41) is 4.25. The number of ether oxygens (including phenoxy) is 1. The van der Waals surface area contributed by atoms with Crippen LogP contribution in [0.1, 0.15) is 13.3 Å². The number of aromatic nitrogens is 4. The van der Waals surface area contributed by atoms with Crippen molar-refractivity contribution in [3.63, 3.8) is 0 Å². The van der Waals surface area contributed by atoms with Crippen LogP contribution >= 0.6 is 27.7 Å². The summed E-state index contributed by atoms with van der Waals surface area (Å²) < 4.78 is 6.38. The Balaban J connectivity index is 2.19. The lowest BCUT2D eigenvalue weighted by atomic mass is 10.5. The molecule has 2 aromatic heterocycles. The molecule has 0 atom stereocenters. The number of halogens is 1. The van der Waals surface area contributed by atoms with Gasteiger partial charge in [0, 0.05) is 17.7 Å². The molecule has 8 heteroatoms. The molecule has 0 aromatic carbocycles. The van der Waals surface area contributed by atoms with E-state index in [1.807, 2.05) is 19.1 Å². The zero-order valence-corrected chi connectivity index (χ0v) is 13.5. The van der Waals surface area contributed by atoms with Gasteiger partial charge in [0.1, 0.15) is 5.03 Å². The molecule has 0 bridgehead atoms. The first-order chi connectivity index (χ1) is 9.71. The quantitative estimate of drug-likeness (QED) is 0.853. The number of hydrogen-bond donors (Lipinski definition) is 1. The van der Waals surface area contributed by atoms with Crippen molar-refractivity contribution in [2.75, 3.05) is 19.0 Å². The molecular weight excluding hydrogens is 342 g/mol. The minimum atomic E-state index is 0.325. The lowest BCUT2D eigenvalue weighted by Crippen LogP contribution is -2.05. The molecule has 20 heavy (non-hydrogen) atoms. The van der Waals surface area contributed by atoms with Crippen molar-refractivity contribution in [3.05, 3.63) is 22.8 Å². The maximum atomic E-state index is 5.45. The minimum absolute atomic E-state index is 0.325. The third-order valence-electron chi connectivity index (χ3n) is 2.15. The van der Waals surface area contributed by atoms with Gasteiger partial charge in [-0.2, -0.15) is 15.0 Å². The lowest BCUT2D eigenvalue weighted by molar-refractivity contribution is 0.288. The van der Waals surface area contributed by atoms with E-state index in [1.165, 1.54) is 11.8 Å². The molecule has 6 nitrogen and oxygen atoms in total. The summed E-state index contributed by atoms with van der Waals surface area (Å²) in [7, 11) is 1.76. The summed E-state index contributed by atoms with van der Waals surface area (Å²) in [6, 6.07) is 4.14. The summed E-state index contributed by atoms with van der Waals surface area (Å²) in [4.78, 5) is 17.0. The van der Waals surface area contributed by atoms with E-state index in [9.17, 15) is 0 Å². The van der Waals surface area contributed by atoms with Crippen LogP contribution in [-0.4, -0.2) is 33.6 Å². The van der Waals surface area contributed by atoms with Gasteiger partial charge in [-0.05, 0) is 46.2 Å². The van der Waals surface area contributed by atoms with Gasteiger partial charge in [-0.15, -0.1) is 0 Å². The fourth-order valence-electron chi connectivity index (χ4n) is 1.27. The van der Waals surface area contributed by atoms with Gasteiger partial charge in [0.25, 0.3) is 0 Å². The van der Waals surface area contributed by atoms with E-state index in [-0.39, 0.29) is 0 Å². The predicted octanol–water partition coefficient (Wildman–Crippen LogP) is 3.01. The summed E-state index contributed by atoms with van der Waals surface area (Å²) >= 11 is 4.71. The highest BCUT2D eigenvalue weighted by Crippen LogP contribution is 2.25. The second kappa shape index (κ2) is 7.39. The maximum absolute atomic E-state index is 5.45. The summed E-state index contributed by atoms with van der Waals surface area (Å²) in [5.41, 5.74) is 0. The van der Waals surface area contributed by atoms with Crippen LogP contribution in [-0.2, 0) is 0 Å². The molecular formula is C12H14BrN5OS. The molecule has 0 fully saturated rings. The van der Waals surface area contributed by atoms with Gasteiger partial charge in [-0.3, -0.25) is 0 Å². The van der Waals surface area contributed by atoms with Crippen LogP contribution in [0.5, 0.6) is 6.01 Å². The zero-order valence-electron chi connectivity index (χ0n) is 11.1. The number of nitrogens with one attached hydrogen (secondary N) is 1. The molecule has 0 aliphatic heterocycles. The molecule has 0 radical (unpaired) electrons. The summed E-state index contributed by atoms with van der Waals surface area (Å²) in [5.74, 6) is 0.478. The Morgan fingerprint density at radius 1 is 1.30 bits per heavy atom. The highest BCUT2D eigenvalue weighted by Gasteiger charge is 2.09. The van der Waals surface area contributed by atoms with E-state index >= 15 is 0 Å². The first-order valence-electron chi connectivity index (χ1n) is 6.07. The molecule has 0 aliphatic carbocycles. The van der Waals surface area contributed by atoms with E-state index in [0.29, 0.717) is 23.7 Å². The van der Waals surface area contributed by atoms with Gasteiger partial charge in [0.15, 0.2) is 0 Å². The molecule has 0 spiro atoms. The van der Waals surface area contributed by atoms with Crippen LogP contribution in [0.4, 0.5) is 5.95 Å². The second-order valence-electron chi connectivity index (χ2n) is 3.74. The van der Waals surface area contributed by atoms with Crippen molar-refractivity contribution in [3.8, 4) is 6.01 Å². The molecule has 2 aromatic rings. The van der Waals surface area contributed by atoms with Crippen molar-refractivity contribution >= 4 is 33.6 Å². The summed E-state index contributed by atoms with van der Waals surface area (Å²) in [6.45, 7) is 2.61. The van der Waals surface area contributed by atoms with Crippen molar-refractivity contribution in [2.45, 2.75) is 23.5 Å². The van der Waals surface area contributed by atoms with Crippen LogP contribution < -0.4 is 10.1 Å². The predicted molar refractivity (Wildman–Crippen MR) is 81.2 cm³/mol. The highest BCUT2D eigenvalue weighted by atomic mass is 79.9. The van der Waals surface area contributed by atoms with Crippen molar-refractivity contribution in [2.24, 2.45) is 0 Å². The van der Waals surface area contributed by atoms with Crippen molar-refractivity contribution < 1.29 is 4.74 Å². The van der Waals surface area contributed by atoms with Crippen LogP contribution in [0.3, 0.4) is 0 Å². The maximum Gasteiger partial charge on any atom is 0.322 e. The Bertz CT molecular complexity index is 566. The van der Waals surface area contributed by atoms with Gasteiger partial charge < -0.3 is 10.1 Å². The average Bonchev–Trinajstić information content (AvgIpc) is 2.47. The molecule has 0 unspecified atom stereocenters. The van der Waals surface area contributed by atoms with Crippen LogP contribution in [0, 0.1) is 0 Å². The van der Waals surface area contributed by atoms with Gasteiger partial charge >= 0.3 is 6.01 Å². The molecule has 2 heterocycles. The van der Waals surface area contributed by atoms with Crippen molar-refractivity contribution in [1.82, 2.24) is 19.9 Å². The minimum Gasteiger partial charge on any atom is -0.463 e. The fourth-order valence-corrected chi connectivity index (χ4v) is 2.19. The molecule has 0 saturated heterocycles. The Morgan fingerprint density at radius 3 is 2.80 bits per heavy atom. The average molecular weight is 356 g/mol. The normalized spacial score (nSPS) is 10.3. The standard InChI is InChI=1S/C12H14BrN5OS/c1-3-6-19-11-16-10(14-2)17-12(18-11)20-9-5-4-8(13)7-15-9/h4-5,7H,3,6H2,1-2H3,(H,14,16,17,18). The highest BCUT2D eigenvalue weighted by molar-refractivity contribution is 9.10. The molecule has 0 saturated carbocycles. The van der Waals surface area contributed by atoms with Crippen LogP contribution in [0.15, 0.2) is 33.0 Å². The molecule has 1 N–H and O–H groups in total. The van der Waals surface area contributed by atoms with E-state index in [0.717, 1.165) is 15.9 Å². The molecule has 0 aliphatic rings. The van der Waals surface area contributed by atoms with E-state index in [4.69, 9.17) is 4.74 Å². The topological polar surface area (TPSA) is 72.8 Å². The van der Waals surface area contributed by atoms with Gasteiger partial charge in [-0.25, -0.2) is 4.98 Å². The number of hydrogen-bond acceptors (Lipinski definition) is 7. The number of nitrogens with zero attached hydrogens (tertiary/aromatic N) is 4. The first kappa shape index (κ1) is 15.0. The Kier molecular flexibility index (Phi) is 5.54. The van der Waals surface area contributed by atoms with E-state index < -0.39 is 0 Å². The van der Waals surface area contributed by atoms with E-state index in [2.05, 4.69) is 41.2 Å². The third kappa shape index (κ3) is 4.31. The summed E-state index contributed by atoms with van der Waals surface area (Å²) in [6.07, 6.45) is 2.63. The monoisotopic (exact) mass is 355 g/mol. The van der Waals surface area contributed by atoms with Gasteiger partial charge in [0.05, 0.1) is 6.61 Å². The second-order valence-corrected chi connectivity index (χ2v) is 5.64. The van der Waals surface area contributed by atoms with Crippen LogP contribution in [0.25, 0.3) is 0 Å². The number of pyridine rings is 1.